The first kappa shape index (κ1) is 22.5. The minimum absolute atomic E-state index is 0.478. The summed E-state index contributed by atoms with van der Waals surface area (Å²) in [7, 11) is 0. The number of ether oxygens (including phenoxy) is 4. The Hall–Kier alpha value is -2.20. The molecule has 0 aromatic heterocycles. The van der Waals surface area contributed by atoms with Gasteiger partial charge in [0, 0.05) is 39.5 Å². The molecule has 0 saturated heterocycles. The molecule has 4 aliphatic rings. The Morgan fingerprint density at radius 2 is 0.833 bits per heavy atom. The fourth-order valence-electron chi connectivity index (χ4n) is 5.71. The highest BCUT2D eigenvalue weighted by Crippen LogP contribution is 2.56. The summed E-state index contributed by atoms with van der Waals surface area (Å²) in [6.07, 6.45) is -5.56. The third-order valence-electron chi connectivity index (χ3n) is 6.43. The maximum atomic E-state index is 11.9. The fourth-order valence-corrected chi connectivity index (χ4v) is 5.71. The summed E-state index contributed by atoms with van der Waals surface area (Å²) in [6, 6.07) is 0. The number of rotatable bonds is 4. The van der Waals surface area contributed by atoms with Crippen molar-refractivity contribution in [3.8, 4) is 0 Å². The molecule has 0 amide bonds. The van der Waals surface area contributed by atoms with Crippen LogP contribution < -0.4 is 0 Å². The van der Waals surface area contributed by atoms with Gasteiger partial charge in [-0.15, -0.1) is 0 Å². The van der Waals surface area contributed by atoms with Crippen LogP contribution in [0.25, 0.3) is 0 Å². The van der Waals surface area contributed by atoms with Gasteiger partial charge in [0.05, 0.1) is 12.2 Å². The van der Waals surface area contributed by atoms with Gasteiger partial charge in [0.25, 0.3) is 0 Å². The number of hydrogen-bond acceptors (Lipinski definition) is 10. The second-order valence-electron chi connectivity index (χ2n) is 8.34. The number of carbonyl (C=O) groups excluding carboxylic acids is 4. The summed E-state index contributed by atoms with van der Waals surface area (Å²) in [6.45, 7) is 4.72. The molecule has 0 spiro atoms. The Bertz CT molecular complexity index is 660. The van der Waals surface area contributed by atoms with E-state index in [9.17, 15) is 29.4 Å². The van der Waals surface area contributed by atoms with E-state index in [4.69, 9.17) is 18.9 Å². The van der Waals surface area contributed by atoms with Crippen LogP contribution in [0.1, 0.15) is 40.5 Å². The zero-order valence-electron chi connectivity index (χ0n) is 17.3. The van der Waals surface area contributed by atoms with Gasteiger partial charge in [0.15, 0.2) is 12.2 Å². The molecule has 2 N–H and O–H groups in total. The number of hydrogen-bond donors (Lipinski definition) is 2. The molecular weight excluding hydrogens is 400 g/mol. The van der Waals surface area contributed by atoms with E-state index in [1.807, 2.05) is 0 Å². The Morgan fingerprint density at radius 3 is 1.10 bits per heavy atom. The Balaban J connectivity index is 2.13. The maximum absolute atomic E-state index is 11.9. The maximum Gasteiger partial charge on any atom is 0.303 e. The molecule has 4 saturated carbocycles. The first-order chi connectivity index (χ1) is 14.0. The van der Waals surface area contributed by atoms with Crippen LogP contribution in [0.2, 0.25) is 0 Å². The average Bonchev–Trinajstić information content (AvgIpc) is 2.62. The molecule has 0 aliphatic heterocycles. The molecule has 10 heteroatoms. The minimum atomic E-state index is -1.23. The van der Waals surface area contributed by atoms with E-state index in [0.29, 0.717) is 12.8 Å². The van der Waals surface area contributed by atoms with Gasteiger partial charge in [-0.1, -0.05) is 0 Å². The Kier molecular flexibility index (Phi) is 6.37. The van der Waals surface area contributed by atoms with Crippen LogP contribution in [0.15, 0.2) is 0 Å². The smallest absolute Gasteiger partial charge is 0.303 e. The predicted octanol–water partition coefficient (Wildman–Crippen LogP) is -0.279. The van der Waals surface area contributed by atoms with E-state index in [2.05, 4.69) is 0 Å². The van der Waals surface area contributed by atoms with Gasteiger partial charge in [-0.2, -0.15) is 0 Å². The lowest BCUT2D eigenvalue weighted by Crippen LogP contribution is -2.71. The molecule has 0 aromatic rings. The highest BCUT2D eigenvalue weighted by molar-refractivity contribution is 5.69. The van der Waals surface area contributed by atoms with Crippen molar-refractivity contribution in [1.29, 1.82) is 0 Å². The first-order valence-corrected chi connectivity index (χ1v) is 10.1. The zero-order chi connectivity index (χ0) is 22.3. The van der Waals surface area contributed by atoms with Gasteiger partial charge < -0.3 is 29.2 Å². The van der Waals surface area contributed by atoms with Crippen molar-refractivity contribution in [1.82, 2.24) is 0 Å². The molecule has 0 aromatic carbocycles. The van der Waals surface area contributed by atoms with Gasteiger partial charge in [0.2, 0.25) is 0 Å². The standard InChI is InChI=1S/C20H28O10/c1-7(21)27-17-13-11-5-6-12(16(26)15(11)25)14(13)18(28-8(2)22)20(30-10(4)24)19(17)29-9(3)23/h11-20,25-26H,5-6H2,1-4H3/t11?,12?,13?,14?,15-,16+,17-,18+,19+,20-. The molecule has 30 heavy (non-hydrogen) atoms. The lowest BCUT2D eigenvalue weighted by atomic mass is 9.50. The van der Waals surface area contributed by atoms with Crippen molar-refractivity contribution in [3.63, 3.8) is 0 Å². The number of aliphatic hydroxyl groups excluding tert-OH is 2. The summed E-state index contributed by atoms with van der Waals surface area (Å²) >= 11 is 0. The second kappa shape index (κ2) is 8.50. The zero-order valence-corrected chi connectivity index (χ0v) is 17.3. The molecule has 10 atom stereocenters. The molecule has 10 nitrogen and oxygen atoms in total. The van der Waals surface area contributed by atoms with Crippen molar-refractivity contribution in [3.05, 3.63) is 0 Å². The SMILES string of the molecule is CC(=O)O[C@@H]1[C@H](OC(C)=O)[C@@H](OC(C)=O)C2C(C3CCC2[C@H](O)[C@@H]3O)[C@H]1OC(C)=O. The summed E-state index contributed by atoms with van der Waals surface area (Å²) in [5.74, 6) is -4.76. The van der Waals surface area contributed by atoms with E-state index in [1.54, 1.807) is 0 Å². The lowest BCUT2D eigenvalue weighted by Gasteiger charge is -2.60. The second-order valence-corrected chi connectivity index (χ2v) is 8.34. The van der Waals surface area contributed by atoms with Crippen LogP contribution in [-0.4, -0.2) is 70.7 Å². The normalized spacial score (nSPS) is 41.9. The van der Waals surface area contributed by atoms with E-state index >= 15 is 0 Å². The monoisotopic (exact) mass is 428 g/mol. The van der Waals surface area contributed by atoms with E-state index in [1.165, 1.54) is 13.8 Å². The third kappa shape index (κ3) is 4.02. The van der Waals surface area contributed by atoms with Crippen LogP contribution >= 0.6 is 0 Å². The molecule has 4 fully saturated rings. The van der Waals surface area contributed by atoms with Crippen molar-refractivity contribution in [2.75, 3.05) is 0 Å². The molecule has 0 radical (unpaired) electrons. The van der Waals surface area contributed by atoms with Crippen LogP contribution in [-0.2, 0) is 38.1 Å². The van der Waals surface area contributed by atoms with Gasteiger partial charge >= 0.3 is 23.9 Å². The van der Waals surface area contributed by atoms with Crippen molar-refractivity contribution < 1.29 is 48.3 Å². The fraction of sp³-hybridized carbons (Fsp3) is 0.800. The number of aliphatic hydroxyl groups is 2. The average molecular weight is 428 g/mol. The highest BCUT2D eigenvalue weighted by Gasteiger charge is 2.66. The molecule has 4 rings (SSSR count). The van der Waals surface area contributed by atoms with Gasteiger partial charge in [-0.3, -0.25) is 19.2 Å². The molecular formula is C20H28O10. The highest BCUT2D eigenvalue weighted by atomic mass is 16.6. The molecule has 168 valence electrons. The van der Waals surface area contributed by atoms with Crippen LogP contribution in [0, 0.1) is 23.7 Å². The predicted molar refractivity (Wildman–Crippen MR) is 97.4 cm³/mol. The molecule has 2 bridgehead atoms. The summed E-state index contributed by atoms with van der Waals surface area (Å²) in [5, 5.41) is 21.2. The summed E-state index contributed by atoms with van der Waals surface area (Å²) < 4.78 is 21.9. The molecule has 4 aliphatic carbocycles. The van der Waals surface area contributed by atoms with Crippen LogP contribution in [0.3, 0.4) is 0 Å². The van der Waals surface area contributed by atoms with Crippen molar-refractivity contribution in [2.24, 2.45) is 23.7 Å². The van der Waals surface area contributed by atoms with Gasteiger partial charge in [-0.05, 0) is 24.7 Å². The topological polar surface area (TPSA) is 146 Å². The minimum Gasteiger partial charge on any atom is -0.458 e. The largest absolute Gasteiger partial charge is 0.458 e. The summed E-state index contributed by atoms with van der Waals surface area (Å²) in [4.78, 5) is 47.5. The van der Waals surface area contributed by atoms with Gasteiger partial charge in [-0.25, -0.2) is 0 Å². The van der Waals surface area contributed by atoms with E-state index in [-0.39, 0.29) is 0 Å². The van der Waals surface area contributed by atoms with Crippen LogP contribution in [0.5, 0.6) is 0 Å². The van der Waals surface area contributed by atoms with Gasteiger partial charge in [0.1, 0.15) is 12.2 Å². The summed E-state index contributed by atoms with van der Waals surface area (Å²) in [5.41, 5.74) is 0. The van der Waals surface area contributed by atoms with E-state index in [0.717, 1.165) is 13.8 Å². The molecule has 4 unspecified atom stereocenters. The van der Waals surface area contributed by atoms with Crippen LogP contribution in [0.4, 0.5) is 0 Å². The van der Waals surface area contributed by atoms with Crippen molar-refractivity contribution in [2.45, 2.75) is 77.2 Å². The lowest BCUT2D eigenvalue weighted by molar-refractivity contribution is -0.278. The number of carbonyl (C=O) groups is 4. The van der Waals surface area contributed by atoms with E-state index < -0.39 is 84.2 Å². The first-order valence-electron chi connectivity index (χ1n) is 10.1. The number of fused-ring (bicyclic) bond motifs is 2. The third-order valence-corrected chi connectivity index (χ3v) is 6.43. The quantitative estimate of drug-likeness (QED) is 0.453. The Labute approximate surface area is 173 Å². The van der Waals surface area contributed by atoms with Crippen molar-refractivity contribution >= 4 is 23.9 Å². The Morgan fingerprint density at radius 1 is 0.567 bits per heavy atom. The molecule has 0 heterocycles. The number of esters is 4.